The molecule has 4 heterocycles. The summed E-state index contributed by atoms with van der Waals surface area (Å²) < 4.78 is 2.47. The number of aromatic nitrogens is 1. The van der Waals surface area contributed by atoms with Gasteiger partial charge in [-0.1, -0.05) is 48.0 Å². The van der Waals surface area contributed by atoms with Gasteiger partial charge in [0.25, 0.3) is 0 Å². The van der Waals surface area contributed by atoms with Crippen molar-refractivity contribution in [2.75, 3.05) is 19.6 Å². The quantitative estimate of drug-likeness (QED) is 0.669. The molecule has 0 spiro atoms. The average molecular weight is 330 g/mol. The Kier molecular flexibility index (Phi) is 3.67. The van der Waals surface area contributed by atoms with Crippen LogP contribution in [0.2, 0.25) is 0 Å². The highest BCUT2D eigenvalue weighted by atomic mass is 15.1. The van der Waals surface area contributed by atoms with Crippen molar-refractivity contribution < 1.29 is 0 Å². The Balaban J connectivity index is 1.56. The highest BCUT2D eigenvalue weighted by Crippen LogP contribution is 2.42. The highest BCUT2D eigenvalue weighted by Gasteiger charge is 2.36. The summed E-state index contributed by atoms with van der Waals surface area (Å²) >= 11 is 0. The first-order chi connectivity index (χ1) is 12.3. The molecule has 1 atom stereocenters. The standard InChI is InChI=1S/C23H26N2/c1-17-5-4-6-18(13-17)14-25-16-22(20-7-2-3-8-23(20)25)21-15-24-11-9-19(21)10-12-24/h2-8,13,16,19,21H,9-12,14-15H2,1H3. The lowest BCUT2D eigenvalue weighted by atomic mass is 9.75. The second-order valence-corrected chi connectivity index (χ2v) is 7.96. The molecule has 2 aromatic carbocycles. The lowest BCUT2D eigenvalue weighted by molar-refractivity contribution is 0.0876. The van der Waals surface area contributed by atoms with E-state index in [0.29, 0.717) is 5.92 Å². The molecule has 0 saturated carbocycles. The van der Waals surface area contributed by atoms with Crippen LogP contribution in [-0.2, 0) is 6.54 Å². The van der Waals surface area contributed by atoms with Gasteiger partial charge in [-0.25, -0.2) is 0 Å². The number of nitrogens with zero attached hydrogens (tertiary/aromatic N) is 2. The third-order valence-corrected chi connectivity index (χ3v) is 6.31. The van der Waals surface area contributed by atoms with Crippen molar-refractivity contribution in [1.29, 1.82) is 0 Å². The average Bonchev–Trinajstić information content (AvgIpc) is 3.01. The number of para-hydroxylation sites is 1. The monoisotopic (exact) mass is 330 g/mol. The van der Waals surface area contributed by atoms with Crippen molar-refractivity contribution in [1.82, 2.24) is 9.47 Å². The van der Waals surface area contributed by atoms with Gasteiger partial charge in [0.15, 0.2) is 0 Å². The first kappa shape index (κ1) is 15.2. The molecule has 3 aliphatic rings. The molecule has 0 radical (unpaired) electrons. The maximum atomic E-state index is 2.66. The maximum absolute atomic E-state index is 2.66. The maximum Gasteiger partial charge on any atom is 0.0486 e. The molecular formula is C23H26N2. The minimum atomic E-state index is 0.714. The topological polar surface area (TPSA) is 8.17 Å². The van der Waals surface area contributed by atoms with Crippen LogP contribution in [0.25, 0.3) is 10.9 Å². The zero-order chi connectivity index (χ0) is 16.8. The number of piperidine rings is 3. The largest absolute Gasteiger partial charge is 0.343 e. The van der Waals surface area contributed by atoms with Crippen LogP contribution in [-0.4, -0.2) is 29.1 Å². The number of aryl methyl sites for hydroxylation is 1. The Morgan fingerprint density at radius 1 is 1.00 bits per heavy atom. The fourth-order valence-corrected chi connectivity index (χ4v) is 5.03. The number of fused-ring (bicyclic) bond motifs is 4. The molecule has 0 N–H and O–H groups in total. The Morgan fingerprint density at radius 2 is 1.84 bits per heavy atom. The normalized spacial score (nSPS) is 25.6. The molecule has 2 heteroatoms. The Labute approximate surface area is 150 Å². The summed E-state index contributed by atoms with van der Waals surface area (Å²) in [5, 5.41) is 1.47. The Hall–Kier alpha value is -2.06. The van der Waals surface area contributed by atoms with Gasteiger partial charge in [-0.05, 0) is 56.0 Å². The Bertz CT molecular complexity index is 899. The number of benzene rings is 2. The van der Waals surface area contributed by atoms with Crippen molar-refractivity contribution in [3.8, 4) is 0 Å². The third-order valence-electron chi connectivity index (χ3n) is 6.31. The summed E-state index contributed by atoms with van der Waals surface area (Å²) in [4.78, 5) is 2.66. The van der Waals surface area contributed by atoms with Crippen LogP contribution in [0.4, 0.5) is 0 Å². The molecule has 128 valence electrons. The summed E-state index contributed by atoms with van der Waals surface area (Å²) in [6.07, 6.45) is 5.21. The minimum Gasteiger partial charge on any atom is -0.343 e. The summed E-state index contributed by atoms with van der Waals surface area (Å²) in [6, 6.07) is 17.9. The van der Waals surface area contributed by atoms with Crippen LogP contribution in [0.15, 0.2) is 54.7 Å². The molecule has 2 nitrogen and oxygen atoms in total. The lowest BCUT2D eigenvalue weighted by Gasteiger charge is -2.44. The van der Waals surface area contributed by atoms with Crippen molar-refractivity contribution in [3.05, 3.63) is 71.4 Å². The van der Waals surface area contributed by atoms with Crippen molar-refractivity contribution in [3.63, 3.8) is 0 Å². The molecule has 3 fully saturated rings. The minimum absolute atomic E-state index is 0.714. The molecular weight excluding hydrogens is 304 g/mol. The van der Waals surface area contributed by atoms with Crippen molar-refractivity contribution >= 4 is 10.9 Å². The second-order valence-electron chi connectivity index (χ2n) is 7.96. The summed E-state index contributed by atoms with van der Waals surface area (Å²) in [7, 11) is 0. The number of hydrogen-bond acceptors (Lipinski definition) is 1. The fraction of sp³-hybridized carbons (Fsp3) is 0.391. The van der Waals surface area contributed by atoms with Crippen molar-refractivity contribution in [2.45, 2.75) is 32.2 Å². The lowest BCUT2D eigenvalue weighted by Crippen LogP contribution is -2.46. The molecule has 1 unspecified atom stereocenters. The van der Waals surface area contributed by atoms with Crippen LogP contribution >= 0.6 is 0 Å². The van der Waals surface area contributed by atoms with E-state index in [1.807, 2.05) is 0 Å². The van der Waals surface area contributed by atoms with Gasteiger partial charge in [0, 0.05) is 36.1 Å². The summed E-state index contributed by atoms with van der Waals surface area (Å²) in [6.45, 7) is 7.01. The van der Waals surface area contributed by atoms with E-state index in [2.05, 4.69) is 71.1 Å². The molecule has 0 amide bonds. The van der Waals surface area contributed by atoms with E-state index in [1.54, 1.807) is 5.56 Å². The summed E-state index contributed by atoms with van der Waals surface area (Å²) in [5.74, 6) is 1.59. The van der Waals surface area contributed by atoms with Crippen LogP contribution in [0, 0.1) is 12.8 Å². The van der Waals surface area contributed by atoms with E-state index in [9.17, 15) is 0 Å². The van der Waals surface area contributed by atoms with Crippen LogP contribution in [0.5, 0.6) is 0 Å². The molecule has 25 heavy (non-hydrogen) atoms. The zero-order valence-electron chi connectivity index (χ0n) is 15.0. The number of hydrogen-bond donors (Lipinski definition) is 0. The SMILES string of the molecule is Cc1cccc(Cn2cc(C3CN4CCC3CC4)c3ccccc32)c1. The molecule has 2 bridgehead atoms. The fourth-order valence-electron chi connectivity index (χ4n) is 5.03. The van der Waals surface area contributed by atoms with E-state index < -0.39 is 0 Å². The van der Waals surface area contributed by atoms with E-state index in [1.165, 1.54) is 54.5 Å². The van der Waals surface area contributed by atoms with Gasteiger partial charge in [-0.15, -0.1) is 0 Å². The van der Waals surface area contributed by atoms with Crippen LogP contribution in [0.3, 0.4) is 0 Å². The third kappa shape index (κ3) is 2.69. The van der Waals surface area contributed by atoms with E-state index in [4.69, 9.17) is 0 Å². The predicted molar refractivity (Wildman–Crippen MR) is 104 cm³/mol. The molecule has 3 aromatic rings. The van der Waals surface area contributed by atoms with Crippen molar-refractivity contribution in [2.24, 2.45) is 5.92 Å². The molecule has 0 aliphatic carbocycles. The van der Waals surface area contributed by atoms with Crippen LogP contribution < -0.4 is 0 Å². The first-order valence-corrected chi connectivity index (χ1v) is 9.63. The smallest absolute Gasteiger partial charge is 0.0486 e. The molecule has 3 aliphatic heterocycles. The van der Waals surface area contributed by atoms with Gasteiger partial charge < -0.3 is 9.47 Å². The van der Waals surface area contributed by atoms with Crippen LogP contribution in [0.1, 0.15) is 35.4 Å². The van der Waals surface area contributed by atoms with Gasteiger partial charge >= 0.3 is 0 Å². The second kappa shape index (κ2) is 6.03. The predicted octanol–water partition coefficient (Wildman–Crippen LogP) is 4.81. The Morgan fingerprint density at radius 3 is 2.60 bits per heavy atom. The summed E-state index contributed by atoms with van der Waals surface area (Å²) in [5.41, 5.74) is 5.70. The van der Waals surface area contributed by atoms with Gasteiger partial charge in [-0.3, -0.25) is 0 Å². The highest BCUT2D eigenvalue weighted by molar-refractivity contribution is 5.84. The van der Waals surface area contributed by atoms with E-state index >= 15 is 0 Å². The molecule has 3 saturated heterocycles. The van der Waals surface area contributed by atoms with Gasteiger partial charge in [0.1, 0.15) is 0 Å². The molecule has 1 aromatic heterocycles. The van der Waals surface area contributed by atoms with Gasteiger partial charge in [0.05, 0.1) is 0 Å². The number of rotatable bonds is 3. The molecule has 6 rings (SSSR count). The first-order valence-electron chi connectivity index (χ1n) is 9.63. The van der Waals surface area contributed by atoms with Gasteiger partial charge in [0.2, 0.25) is 0 Å². The van der Waals surface area contributed by atoms with Gasteiger partial charge in [-0.2, -0.15) is 0 Å². The zero-order valence-corrected chi connectivity index (χ0v) is 15.0. The van der Waals surface area contributed by atoms with E-state index in [0.717, 1.165) is 12.5 Å². The van der Waals surface area contributed by atoms with E-state index in [-0.39, 0.29) is 0 Å².